The molecule has 0 aliphatic rings. The van der Waals surface area contributed by atoms with Gasteiger partial charge < -0.3 is 5.73 Å². The van der Waals surface area contributed by atoms with Gasteiger partial charge in [-0.25, -0.2) is 8.78 Å². The Morgan fingerprint density at radius 2 is 2.00 bits per heavy atom. The Kier molecular flexibility index (Phi) is 2.47. The van der Waals surface area contributed by atoms with E-state index in [1.54, 1.807) is 0 Å². The molecule has 0 unspecified atom stereocenters. The molecule has 0 saturated carbocycles. The third-order valence-electron chi connectivity index (χ3n) is 1.33. The van der Waals surface area contributed by atoms with Crippen LogP contribution in [0.15, 0.2) is 12.1 Å². The number of nitrogens with zero attached hydrogens (tertiary/aromatic N) is 1. The number of nitrogen functional groups attached to an aromatic ring is 1. The van der Waals surface area contributed by atoms with Crippen molar-refractivity contribution in [1.82, 2.24) is 0 Å². The molecule has 13 heavy (non-hydrogen) atoms. The van der Waals surface area contributed by atoms with Crippen LogP contribution >= 0.6 is 0 Å². The van der Waals surface area contributed by atoms with E-state index in [2.05, 4.69) is 5.92 Å². The van der Waals surface area contributed by atoms with Crippen molar-refractivity contribution >= 4 is 5.69 Å². The molecular weight excluding hydrogens is 174 g/mol. The van der Waals surface area contributed by atoms with Crippen molar-refractivity contribution in [2.24, 2.45) is 0 Å². The molecule has 2 nitrogen and oxygen atoms in total. The lowest BCUT2D eigenvalue weighted by Gasteiger charge is -1.99. The molecule has 0 fully saturated rings. The fourth-order valence-corrected chi connectivity index (χ4v) is 0.816. The van der Waals surface area contributed by atoms with Crippen molar-refractivity contribution in [2.75, 3.05) is 5.73 Å². The number of halogens is 2. The third-order valence-corrected chi connectivity index (χ3v) is 1.33. The van der Waals surface area contributed by atoms with Gasteiger partial charge in [0.15, 0.2) is 6.07 Å². The molecule has 1 aromatic rings. The van der Waals surface area contributed by atoms with E-state index < -0.39 is 11.6 Å². The first-order chi connectivity index (χ1) is 6.15. The molecule has 0 aliphatic carbocycles. The van der Waals surface area contributed by atoms with E-state index in [0.717, 1.165) is 6.07 Å². The molecule has 1 aromatic carbocycles. The predicted octanol–water partition coefficient (Wildman–Crippen LogP) is 1.42. The fourth-order valence-electron chi connectivity index (χ4n) is 0.816. The smallest absolute Gasteiger partial charge is 0.152 e. The number of nitriles is 1. The van der Waals surface area contributed by atoms with E-state index >= 15 is 0 Å². The summed E-state index contributed by atoms with van der Waals surface area (Å²) < 4.78 is 25.4. The maximum Gasteiger partial charge on any atom is 0.152 e. The monoisotopic (exact) mass is 178 g/mol. The Morgan fingerprint density at radius 1 is 1.31 bits per heavy atom. The summed E-state index contributed by atoms with van der Waals surface area (Å²) in [5.74, 6) is 2.53. The highest BCUT2D eigenvalue weighted by molar-refractivity contribution is 5.57. The normalized spacial score (nSPS) is 8.38. The van der Waals surface area contributed by atoms with E-state index in [1.807, 2.05) is 5.92 Å². The summed E-state index contributed by atoms with van der Waals surface area (Å²) in [7, 11) is 0. The molecule has 0 amide bonds. The first-order valence-electron chi connectivity index (χ1n) is 3.29. The van der Waals surface area contributed by atoms with Gasteiger partial charge in [-0.15, -0.1) is 0 Å². The van der Waals surface area contributed by atoms with E-state index in [-0.39, 0.29) is 11.3 Å². The van der Waals surface area contributed by atoms with Gasteiger partial charge in [0.1, 0.15) is 11.6 Å². The third kappa shape index (κ3) is 1.94. The molecule has 4 heteroatoms. The lowest BCUT2D eigenvalue weighted by atomic mass is 10.1. The van der Waals surface area contributed by atoms with Crippen LogP contribution in [0, 0.1) is 34.8 Å². The van der Waals surface area contributed by atoms with Crippen LogP contribution in [0.2, 0.25) is 0 Å². The van der Waals surface area contributed by atoms with Crippen molar-refractivity contribution < 1.29 is 8.78 Å². The molecule has 0 radical (unpaired) electrons. The largest absolute Gasteiger partial charge is 0.398 e. The summed E-state index contributed by atoms with van der Waals surface area (Å²) in [6.45, 7) is 0. The molecule has 2 N–H and O–H groups in total. The maximum atomic E-state index is 12.9. The Bertz CT molecular complexity index is 412. The minimum atomic E-state index is -0.861. The minimum Gasteiger partial charge on any atom is -0.398 e. The van der Waals surface area contributed by atoms with Crippen LogP contribution in [0.1, 0.15) is 5.56 Å². The Morgan fingerprint density at radius 3 is 2.54 bits per heavy atom. The highest BCUT2D eigenvalue weighted by Gasteiger charge is 2.05. The summed E-state index contributed by atoms with van der Waals surface area (Å²) in [5, 5.41) is 8.10. The molecule has 0 atom stereocenters. The average molecular weight is 178 g/mol. The molecule has 0 aliphatic heterocycles. The topological polar surface area (TPSA) is 49.8 Å². The second-order valence-electron chi connectivity index (χ2n) is 2.21. The highest BCUT2D eigenvalue weighted by atomic mass is 19.1. The van der Waals surface area contributed by atoms with Gasteiger partial charge in [0.25, 0.3) is 0 Å². The molecule has 0 heterocycles. The second-order valence-corrected chi connectivity index (χ2v) is 2.21. The van der Waals surface area contributed by atoms with Crippen LogP contribution in [-0.2, 0) is 0 Å². The van der Waals surface area contributed by atoms with Gasteiger partial charge >= 0.3 is 0 Å². The van der Waals surface area contributed by atoms with Crippen LogP contribution in [0.5, 0.6) is 0 Å². The maximum absolute atomic E-state index is 12.9. The van der Waals surface area contributed by atoms with Crippen molar-refractivity contribution in [1.29, 1.82) is 5.26 Å². The standard InChI is InChI=1S/C9H4F2N2/c10-6-4-8(11)7(2-1-3-12)9(13)5-6/h4-5H,13H2. The van der Waals surface area contributed by atoms with Gasteiger partial charge in [0.2, 0.25) is 0 Å². The first kappa shape index (κ1) is 9.02. The number of benzene rings is 1. The quantitative estimate of drug-likeness (QED) is 0.482. The van der Waals surface area contributed by atoms with Crippen molar-refractivity contribution in [3.63, 3.8) is 0 Å². The van der Waals surface area contributed by atoms with Crippen LogP contribution in [-0.4, -0.2) is 0 Å². The van der Waals surface area contributed by atoms with Crippen LogP contribution in [0.4, 0.5) is 14.5 Å². The predicted molar refractivity (Wildman–Crippen MR) is 43.3 cm³/mol. The summed E-state index contributed by atoms with van der Waals surface area (Å²) in [6, 6.07) is 3.12. The van der Waals surface area contributed by atoms with Gasteiger partial charge in [-0.3, -0.25) is 0 Å². The SMILES string of the molecule is N#CC#Cc1c(N)cc(F)cc1F. The van der Waals surface area contributed by atoms with E-state index in [0.29, 0.717) is 6.07 Å². The minimum absolute atomic E-state index is 0.111. The van der Waals surface area contributed by atoms with Crippen molar-refractivity contribution in [3.05, 3.63) is 29.3 Å². The van der Waals surface area contributed by atoms with Gasteiger partial charge in [0, 0.05) is 12.0 Å². The zero-order valence-corrected chi connectivity index (χ0v) is 6.44. The average Bonchev–Trinajstić information content (AvgIpc) is 2.02. The number of hydrogen-bond donors (Lipinski definition) is 1. The van der Waals surface area contributed by atoms with Crippen LogP contribution in [0.25, 0.3) is 0 Å². The number of nitrogens with two attached hydrogens (primary N) is 1. The van der Waals surface area contributed by atoms with E-state index in [4.69, 9.17) is 11.0 Å². The lowest BCUT2D eigenvalue weighted by Crippen LogP contribution is -1.95. The van der Waals surface area contributed by atoms with Gasteiger partial charge in [-0.1, -0.05) is 0 Å². The summed E-state index contributed by atoms with van der Waals surface area (Å²) in [4.78, 5) is 0. The Balaban J connectivity index is 3.31. The first-order valence-corrected chi connectivity index (χ1v) is 3.29. The summed E-state index contributed by atoms with van der Waals surface area (Å²) in [5.41, 5.74) is 5.01. The lowest BCUT2D eigenvalue weighted by molar-refractivity contribution is 0.582. The van der Waals surface area contributed by atoms with Crippen LogP contribution in [0.3, 0.4) is 0 Å². The molecule has 1 rings (SSSR count). The van der Waals surface area contributed by atoms with Gasteiger partial charge in [0.05, 0.1) is 11.3 Å². The zero-order valence-electron chi connectivity index (χ0n) is 6.44. The van der Waals surface area contributed by atoms with E-state index in [9.17, 15) is 8.78 Å². The van der Waals surface area contributed by atoms with Crippen molar-refractivity contribution in [2.45, 2.75) is 0 Å². The zero-order chi connectivity index (χ0) is 9.84. The van der Waals surface area contributed by atoms with Gasteiger partial charge in [-0.2, -0.15) is 5.26 Å². The Hall–Kier alpha value is -2.07. The molecule has 0 spiro atoms. The molecule has 0 bridgehead atoms. The van der Waals surface area contributed by atoms with E-state index in [1.165, 1.54) is 6.07 Å². The molecule has 0 saturated heterocycles. The highest BCUT2D eigenvalue weighted by Crippen LogP contribution is 2.16. The number of hydrogen-bond acceptors (Lipinski definition) is 2. The number of rotatable bonds is 0. The fraction of sp³-hybridized carbons (Fsp3) is 0. The van der Waals surface area contributed by atoms with Crippen LogP contribution < -0.4 is 5.73 Å². The molecule has 64 valence electrons. The van der Waals surface area contributed by atoms with Crippen molar-refractivity contribution in [3.8, 4) is 17.9 Å². The second kappa shape index (κ2) is 3.55. The Labute approximate surface area is 73.6 Å². The molecule has 0 aromatic heterocycles. The number of anilines is 1. The summed E-state index contributed by atoms with van der Waals surface area (Å²) >= 11 is 0. The van der Waals surface area contributed by atoms with Gasteiger partial charge in [-0.05, 0) is 12.0 Å². The summed E-state index contributed by atoms with van der Waals surface area (Å²) in [6.07, 6.45) is 0. The molecular formula is C9H4F2N2.